The van der Waals surface area contributed by atoms with Crippen LogP contribution in [-0.4, -0.2) is 25.8 Å². The lowest BCUT2D eigenvalue weighted by molar-refractivity contribution is 0.192. The third kappa shape index (κ3) is 4.18. The smallest absolute Gasteiger partial charge is 0.140 e. The molecule has 1 heterocycles. The van der Waals surface area contributed by atoms with Crippen molar-refractivity contribution >= 4 is 15.9 Å². The van der Waals surface area contributed by atoms with E-state index in [9.17, 15) is 0 Å². The average molecular weight is 274 g/mol. The molecule has 4 heteroatoms. The van der Waals surface area contributed by atoms with E-state index >= 15 is 0 Å². The number of aromatic nitrogens is 1. The van der Waals surface area contributed by atoms with Gasteiger partial charge in [0.15, 0.2) is 0 Å². The van der Waals surface area contributed by atoms with Crippen molar-refractivity contribution in [1.29, 1.82) is 0 Å². The molecule has 0 atom stereocenters. The Morgan fingerprint density at radius 3 is 2.73 bits per heavy atom. The maximum atomic E-state index is 5.24. The van der Waals surface area contributed by atoms with Gasteiger partial charge in [0.05, 0.1) is 12.8 Å². The van der Waals surface area contributed by atoms with E-state index in [0.29, 0.717) is 0 Å². The van der Waals surface area contributed by atoms with E-state index in [0.717, 1.165) is 41.9 Å². The molecule has 84 valence electrons. The molecular formula is C11H16BrNO2. The van der Waals surface area contributed by atoms with Crippen LogP contribution in [0.2, 0.25) is 0 Å². The van der Waals surface area contributed by atoms with Crippen molar-refractivity contribution in [3.05, 3.63) is 22.4 Å². The highest BCUT2D eigenvalue weighted by atomic mass is 79.9. The lowest BCUT2D eigenvalue weighted by Gasteiger charge is -2.07. The quantitative estimate of drug-likeness (QED) is 0.590. The number of hydrogen-bond acceptors (Lipinski definition) is 3. The standard InChI is InChI=1S/C11H16BrNO2/c1-14-8-4-3-5-9-10(15-2)6-7-11(12)13-9/h6-7H,3-5,8H2,1-2H3. The Morgan fingerprint density at radius 2 is 2.07 bits per heavy atom. The molecule has 1 aromatic heterocycles. The number of nitrogens with zero attached hydrogens (tertiary/aromatic N) is 1. The van der Waals surface area contributed by atoms with Gasteiger partial charge in [0.2, 0.25) is 0 Å². The summed E-state index contributed by atoms with van der Waals surface area (Å²) in [6.45, 7) is 0.802. The number of ether oxygens (including phenoxy) is 2. The van der Waals surface area contributed by atoms with Gasteiger partial charge in [-0.25, -0.2) is 4.98 Å². The first-order valence-corrected chi connectivity index (χ1v) is 5.75. The summed E-state index contributed by atoms with van der Waals surface area (Å²) in [7, 11) is 3.39. The topological polar surface area (TPSA) is 31.4 Å². The maximum absolute atomic E-state index is 5.24. The third-order valence-corrected chi connectivity index (χ3v) is 2.57. The predicted molar refractivity (Wildman–Crippen MR) is 63.3 cm³/mol. The zero-order valence-electron chi connectivity index (χ0n) is 9.12. The first-order valence-electron chi connectivity index (χ1n) is 4.96. The molecule has 0 saturated heterocycles. The van der Waals surface area contributed by atoms with Gasteiger partial charge in [0.1, 0.15) is 10.4 Å². The molecule has 0 saturated carbocycles. The molecule has 0 fully saturated rings. The van der Waals surface area contributed by atoms with Crippen LogP contribution in [0.5, 0.6) is 5.75 Å². The number of unbranched alkanes of at least 4 members (excludes halogenated alkanes) is 1. The largest absolute Gasteiger partial charge is 0.495 e. The number of methoxy groups -OCH3 is 2. The first-order chi connectivity index (χ1) is 7.27. The summed E-state index contributed by atoms with van der Waals surface area (Å²) < 4.78 is 11.1. The van der Waals surface area contributed by atoms with Crippen LogP contribution in [-0.2, 0) is 11.2 Å². The molecule has 1 rings (SSSR count). The van der Waals surface area contributed by atoms with Crippen molar-refractivity contribution in [3.63, 3.8) is 0 Å². The Morgan fingerprint density at radius 1 is 1.27 bits per heavy atom. The molecule has 0 radical (unpaired) electrons. The Bertz CT molecular complexity index is 305. The second-order valence-corrected chi connectivity index (χ2v) is 4.05. The molecule has 0 N–H and O–H groups in total. The van der Waals surface area contributed by atoms with Gasteiger partial charge in [-0.15, -0.1) is 0 Å². The second-order valence-electron chi connectivity index (χ2n) is 3.23. The normalized spacial score (nSPS) is 10.3. The van der Waals surface area contributed by atoms with Gasteiger partial charge in [0, 0.05) is 13.7 Å². The molecular weight excluding hydrogens is 258 g/mol. The fourth-order valence-electron chi connectivity index (χ4n) is 1.37. The summed E-state index contributed by atoms with van der Waals surface area (Å²) in [6, 6.07) is 3.82. The van der Waals surface area contributed by atoms with Gasteiger partial charge in [-0.05, 0) is 47.3 Å². The third-order valence-electron chi connectivity index (χ3n) is 2.13. The average Bonchev–Trinajstić information content (AvgIpc) is 2.25. The first kappa shape index (κ1) is 12.5. The molecule has 0 spiro atoms. The molecule has 0 unspecified atom stereocenters. The van der Waals surface area contributed by atoms with E-state index < -0.39 is 0 Å². The van der Waals surface area contributed by atoms with Gasteiger partial charge >= 0.3 is 0 Å². The zero-order chi connectivity index (χ0) is 11.1. The summed E-state index contributed by atoms with van der Waals surface area (Å²) in [4.78, 5) is 4.39. The number of rotatable bonds is 6. The van der Waals surface area contributed by atoms with Crippen LogP contribution < -0.4 is 4.74 Å². The fourth-order valence-corrected chi connectivity index (χ4v) is 1.71. The number of halogens is 1. The highest BCUT2D eigenvalue weighted by Crippen LogP contribution is 2.20. The van der Waals surface area contributed by atoms with E-state index in [4.69, 9.17) is 9.47 Å². The highest BCUT2D eigenvalue weighted by molar-refractivity contribution is 9.10. The van der Waals surface area contributed by atoms with E-state index in [1.54, 1.807) is 14.2 Å². The van der Waals surface area contributed by atoms with E-state index in [-0.39, 0.29) is 0 Å². The van der Waals surface area contributed by atoms with Gasteiger partial charge < -0.3 is 9.47 Å². The predicted octanol–water partition coefficient (Wildman–Crippen LogP) is 2.82. The molecule has 0 aliphatic carbocycles. The molecule has 1 aromatic rings. The summed E-state index contributed by atoms with van der Waals surface area (Å²) in [5, 5.41) is 0. The van der Waals surface area contributed by atoms with Crippen molar-refractivity contribution in [3.8, 4) is 5.75 Å². The number of aryl methyl sites for hydroxylation is 1. The number of pyridine rings is 1. The van der Waals surface area contributed by atoms with E-state index in [1.165, 1.54) is 0 Å². The zero-order valence-corrected chi connectivity index (χ0v) is 10.7. The minimum atomic E-state index is 0.802. The Hall–Kier alpha value is -0.610. The van der Waals surface area contributed by atoms with Crippen LogP contribution in [0.3, 0.4) is 0 Å². The van der Waals surface area contributed by atoms with Crippen molar-refractivity contribution in [2.75, 3.05) is 20.8 Å². The van der Waals surface area contributed by atoms with E-state index in [1.807, 2.05) is 12.1 Å². The monoisotopic (exact) mass is 273 g/mol. The Labute approximate surface area is 98.9 Å². The summed E-state index contributed by atoms with van der Waals surface area (Å²) in [5.74, 6) is 0.857. The summed E-state index contributed by atoms with van der Waals surface area (Å²) in [6.07, 6.45) is 3.04. The molecule has 0 amide bonds. The molecule has 0 aliphatic rings. The van der Waals surface area contributed by atoms with Crippen LogP contribution in [0.15, 0.2) is 16.7 Å². The SMILES string of the molecule is COCCCCc1nc(Br)ccc1OC. The minimum Gasteiger partial charge on any atom is -0.495 e. The van der Waals surface area contributed by atoms with Crippen molar-refractivity contribution in [1.82, 2.24) is 4.98 Å². The van der Waals surface area contributed by atoms with Crippen molar-refractivity contribution in [2.45, 2.75) is 19.3 Å². The van der Waals surface area contributed by atoms with Crippen LogP contribution in [0.4, 0.5) is 0 Å². The van der Waals surface area contributed by atoms with Crippen molar-refractivity contribution < 1.29 is 9.47 Å². The molecule has 0 aromatic carbocycles. The van der Waals surface area contributed by atoms with Gasteiger partial charge in [-0.2, -0.15) is 0 Å². The van der Waals surface area contributed by atoms with Gasteiger partial charge in [-0.1, -0.05) is 0 Å². The van der Waals surface area contributed by atoms with E-state index in [2.05, 4.69) is 20.9 Å². The van der Waals surface area contributed by atoms with Gasteiger partial charge in [0.25, 0.3) is 0 Å². The van der Waals surface area contributed by atoms with Crippen LogP contribution >= 0.6 is 15.9 Å². The number of hydrogen-bond donors (Lipinski definition) is 0. The van der Waals surface area contributed by atoms with Gasteiger partial charge in [-0.3, -0.25) is 0 Å². The summed E-state index contributed by atoms with van der Waals surface area (Å²) >= 11 is 3.36. The molecule has 0 aliphatic heterocycles. The Kier molecular flexibility index (Phi) is 5.65. The lowest BCUT2D eigenvalue weighted by atomic mass is 10.1. The van der Waals surface area contributed by atoms with Crippen molar-refractivity contribution in [2.24, 2.45) is 0 Å². The van der Waals surface area contributed by atoms with Crippen LogP contribution in [0.1, 0.15) is 18.5 Å². The Balaban J connectivity index is 2.54. The maximum Gasteiger partial charge on any atom is 0.140 e. The molecule has 15 heavy (non-hydrogen) atoms. The fraction of sp³-hybridized carbons (Fsp3) is 0.545. The minimum absolute atomic E-state index is 0.802. The van der Waals surface area contributed by atoms with Crippen LogP contribution in [0.25, 0.3) is 0 Å². The summed E-state index contributed by atoms with van der Waals surface area (Å²) in [5.41, 5.74) is 1.00. The highest BCUT2D eigenvalue weighted by Gasteiger charge is 2.04. The van der Waals surface area contributed by atoms with Crippen LogP contribution in [0, 0.1) is 0 Å². The molecule has 0 bridgehead atoms. The molecule has 3 nitrogen and oxygen atoms in total. The second kappa shape index (κ2) is 6.80. The lowest BCUT2D eigenvalue weighted by Crippen LogP contribution is -1.98.